The Morgan fingerprint density at radius 2 is 1.76 bits per heavy atom. The van der Waals surface area contributed by atoms with E-state index in [-0.39, 0.29) is 18.3 Å². The SMILES string of the molecule is COc1ccc2c(c1)CC[C@@H]1[C@@H]2CC[C@@]2(C)[C@@]13[C@@H]1OC(C)(C)O[C@]1(C)[C@]2(OC(C)=O)C[C@@H]3S(=O)(=O)c1ccccc1. The zero-order chi connectivity index (χ0) is 29.2. The lowest BCUT2D eigenvalue weighted by Gasteiger charge is -2.59. The first kappa shape index (κ1) is 27.4. The molecule has 1 saturated heterocycles. The predicted molar refractivity (Wildman–Crippen MR) is 152 cm³/mol. The van der Waals surface area contributed by atoms with Crippen LogP contribution in [0, 0.1) is 16.7 Å². The minimum Gasteiger partial charge on any atom is -0.497 e. The molecule has 3 saturated carbocycles. The molecule has 2 aromatic carbocycles. The predicted octanol–water partition coefficient (Wildman–Crippen LogP) is 5.60. The van der Waals surface area contributed by atoms with Gasteiger partial charge >= 0.3 is 5.97 Å². The van der Waals surface area contributed by atoms with Gasteiger partial charge in [0, 0.05) is 24.2 Å². The summed E-state index contributed by atoms with van der Waals surface area (Å²) in [5, 5.41) is -0.801. The van der Waals surface area contributed by atoms with Crippen molar-refractivity contribution < 1.29 is 32.2 Å². The largest absolute Gasteiger partial charge is 0.497 e. The number of sulfone groups is 1. The molecule has 4 aliphatic carbocycles. The Kier molecular flexibility index (Phi) is 5.59. The average Bonchev–Trinajstić information content (AvgIpc) is 3.38. The maximum absolute atomic E-state index is 14.8. The fourth-order valence-electron chi connectivity index (χ4n) is 10.7. The van der Waals surface area contributed by atoms with Crippen molar-refractivity contribution in [1.29, 1.82) is 0 Å². The number of hydrogen-bond donors (Lipinski definition) is 0. The molecule has 41 heavy (non-hydrogen) atoms. The van der Waals surface area contributed by atoms with E-state index in [0.717, 1.165) is 25.0 Å². The summed E-state index contributed by atoms with van der Waals surface area (Å²) in [5.41, 5.74) is -1.16. The van der Waals surface area contributed by atoms with Gasteiger partial charge in [-0.3, -0.25) is 4.79 Å². The second-order valence-corrected chi connectivity index (χ2v) is 15.8. The van der Waals surface area contributed by atoms with Gasteiger partial charge in [-0.25, -0.2) is 8.42 Å². The van der Waals surface area contributed by atoms with Gasteiger partial charge in [-0.2, -0.15) is 0 Å². The molecule has 0 aromatic heterocycles. The fraction of sp³-hybridized carbons (Fsp3) is 0.606. The molecule has 0 amide bonds. The van der Waals surface area contributed by atoms with Gasteiger partial charge in [-0.15, -0.1) is 0 Å². The number of carbonyl (C=O) groups is 1. The van der Waals surface area contributed by atoms with Crippen LogP contribution in [-0.2, 0) is 35.3 Å². The summed E-state index contributed by atoms with van der Waals surface area (Å²) in [6.07, 6.45) is 2.82. The molecule has 8 atom stereocenters. The Morgan fingerprint density at radius 3 is 2.44 bits per heavy atom. The Balaban J connectivity index is 1.51. The smallest absolute Gasteiger partial charge is 0.303 e. The van der Waals surface area contributed by atoms with E-state index in [4.69, 9.17) is 18.9 Å². The molecule has 0 spiro atoms. The molecule has 4 fully saturated rings. The number of fused-ring (bicyclic) bond motifs is 5. The number of carbonyl (C=O) groups excluding carboxylic acids is 1. The zero-order valence-electron chi connectivity index (χ0n) is 24.7. The maximum atomic E-state index is 14.8. The van der Waals surface area contributed by atoms with Gasteiger partial charge in [-0.1, -0.05) is 31.2 Å². The van der Waals surface area contributed by atoms with Crippen molar-refractivity contribution >= 4 is 15.8 Å². The quantitative estimate of drug-likeness (QED) is 0.435. The Morgan fingerprint density at radius 1 is 1.02 bits per heavy atom. The van der Waals surface area contributed by atoms with Crippen LogP contribution in [0.15, 0.2) is 53.4 Å². The normalized spacial score (nSPS) is 41.6. The lowest BCUT2D eigenvalue weighted by molar-refractivity contribution is -0.253. The van der Waals surface area contributed by atoms with Gasteiger partial charge in [0.25, 0.3) is 0 Å². The van der Waals surface area contributed by atoms with Crippen LogP contribution < -0.4 is 4.74 Å². The zero-order valence-corrected chi connectivity index (χ0v) is 25.5. The fourth-order valence-corrected chi connectivity index (χ4v) is 13.1. The lowest BCUT2D eigenvalue weighted by atomic mass is 9.47. The summed E-state index contributed by atoms with van der Waals surface area (Å²) < 4.78 is 55.4. The van der Waals surface area contributed by atoms with Gasteiger partial charge in [0.15, 0.2) is 21.2 Å². The number of ether oxygens (including phenoxy) is 4. The highest BCUT2D eigenvalue weighted by atomic mass is 32.2. The summed E-state index contributed by atoms with van der Waals surface area (Å²) in [7, 11) is -2.17. The van der Waals surface area contributed by atoms with E-state index in [0.29, 0.717) is 11.3 Å². The van der Waals surface area contributed by atoms with Crippen molar-refractivity contribution in [2.75, 3.05) is 7.11 Å². The van der Waals surface area contributed by atoms with Crippen LogP contribution in [0.25, 0.3) is 0 Å². The lowest BCUT2D eigenvalue weighted by Crippen LogP contribution is -2.63. The molecule has 0 N–H and O–H groups in total. The van der Waals surface area contributed by atoms with Crippen molar-refractivity contribution in [3.63, 3.8) is 0 Å². The molecule has 7 nitrogen and oxygen atoms in total. The van der Waals surface area contributed by atoms with Crippen LogP contribution >= 0.6 is 0 Å². The summed E-state index contributed by atoms with van der Waals surface area (Å²) >= 11 is 0. The first-order valence-corrected chi connectivity index (χ1v) is 16.4. The third-order valence-corrected chi connectivity index (χ3v) is 14.0. The number of esters is 1. The highest BCUT2D eigenvalue weighted by molar-refractivity contribution is 7.92. The number of benzene rings is 2. The monoisotopic (exact) mass is 580 g/mol. The van der Waals surface area contributed by atoms with Gasteiger partial charge < -0.3 is 18.9 Å². The van der Waals surface area contributed by atoms with Crippen LogP contribution in [0.5, 0.6) is 5.75 Å². The molecule has 1 heterocycles. The van der Waals surface area contributed by atoms with Crippen molar-refractivity contribution in [1.82, 2.24) is 0 Å². The molecular weight excluding hydrogens is 540 g/mol. The van der Waals surface area contributed by atoms with Crippen molar-refractivity contribution in [2.45, 2.75) is 106 Å². The van der Waals surface area contributed by atoms with Gasteiger partial charge in [-0.05, 0) is 93.7 Å². The summed E-state index contributed by atoms with van der Waals surface area (Å²) in [6, 6.07) is 15.1. The molecule has 5 aliphatic rings. The summed E-state index contributed by atoms with van der Waals surface area (Å²) in [4.78, 5) is 13.2. The molecule has 1 aliphatic heterocycles. The standard InChI is InChI=1S/C33H40O7S/c1-20(34)38-32-19-27(41(35,36)23-10-8-7-9-11-23)33(28-31(32,5)40-29(2,3)39-28)26-15-12-21-18-22(37-6)13-14-24(21)25(26)16-17-30(32,33)4/h7-11,13-14,18,25-28H,12,15-17,19H2,1-6H3/t25-,26-,27+,28-,30-,31+,32+,33+/m1/s1. The van der Waals surface area contributed by atoms with Gasteiger partial charge in [0.2, 0.25) is 0 Å². The summed E-state index contributed by atoms with van der Waals surface area (Å²) in [5.74, 6) is -0.405. The molecule has 7 rings (SSSR count). The number of methoxy groups -OCH3 is 1. The third kappa shape index (κ3) is 3.12. The minimum atomic E-state index is -3.85. The Bertz CT molecular complexity index is 1540. The topological polar surface area (TPSA) is 88.1 Å². The van der Waals surface area contributed by atoms with Crippen molar-refractivity contribution in [2.24, 2.45) is 16.7 Å². The first-order valence-electron chi connectivity index (χ1n) is 14.8. The first-order chi connectivity index (χ1) is 19.3. The molecule has 2 aromatic rings. The average molecular weight is 581 g/mol. The highest BCUT2D eigenvalue weighted by Gasteiger charge is 2.94. The maximum Gasteiger partial charge on any atom is 0.303 e. The van der Waals surface area contributed by atoms with Crippen LogP contribution in [0.3, 0.4) is 0 Å². The molecular formula is C33H40O7S. The van der Waals surface area contributed by atoms with E-state index < -0.39 is 55.0 Å². The van der Waals surface area contributed by atoms with E-state index in [1.807, 2.05) is 32.9 Å². The molecule has 8 heteroatoms. The van der Waals surface area contributed by atoms with E-state index in [1.165, 1.54) is 18.1 Å². The number of aryl methyl sites for hydroxylation is 1. The minimum absolute atomic E-state index is 0.00705. The van der Waals surface area contributed by atoms with Gasteiger partial charge in [0.05, 0.1) is 17.3 Å². The van der Waals surface area contributed by atoms with Crippen LogP contribution in [-0.4, -0.2) is 49.8 Å². The van der Waals surface area contributed by atoms with Crippen LogP contribution in [0.2, 0.25) is 0 Å². The number of rotatable bonds is 4. The van der Waals surface area contributed by atoms with Crippen LogP contribution in [0.4, 0.5) is 0 Å². The Labute approximate surface area is 242 Å². The summed E-state index contributed by atoms with van der Waals surface area (Å²) in [6.45, 7) is 9.36. The third-order valence-electron chi connectivity index (χ3n) is 11.7. The van der Waals surface area contributed by atoms with E-state index in [1.54, 1.807) is 31.4 Å². The Hall–Kier alpha value is -2.42. The second-order valence-electron chi connectivity index (χ2n) is 13.7. The van der Waals surface area contributed by atoms with E-state index >= 15 is 0 Å². The molecule has 220 valence electrons. The molecule has 2 bridgehead atoms. The highest BCUT2D eigenvalue weighted by Crippen LogP contribution is 2.84. The van der Waals surface area contributed by atoms with E-state index in [2.05, 4.69) is 19.1 Å². The number of hydrogen-bond acceptors (Lipinski definition) is 7. The van der Waals surface area contributed by atoms with Crippen LogP contribution in [0.1, 0.15) is 77.3 Å². The second kappa shape index (κ2) is 8.35. The van der Waals surface area contributed by atoms with Crippen molar-refractivity contribution in [3.8, 4) is 5.75 Å². The van der Waals surface area contributed by atoms with Gasteiger partial charge in [0.1, 0.15) is 17.5 Å². The van der Waals surface area contributed by atoms with E-state index in [9.17, 15) is 13.2 Å². The molecule has 0 radical (unpaired) electrons. The molecule has 0 unspecified atom stereocenters. The van der Waals surface area contributed by atoms with Crippen molar-refractivity contribution in [3.05, 3.63) is 59.7 Å².